The molecule has 0 unspecified atom stereocenters. The summed E-state index contributed by atoms with van der Waals surface area (Å²) in [5, 5.41) is 10.1. The highest BCUT2D eigenvalue weighted by atomic mass is 32.1. The second-order valence-corrected chi connectivity index (χ2v) is 6.64. The number of ether oxygens (including phenoxy) is 1. The van der Waals surface area contributed by atoms with E-state index in [1.54, 1.807) is 7.11 Å². The Hall–Kier alpha value is -2.93. The van der Waals surface area contributed by atoms with Crippen LogP contribution in [0, 0.1) is 11.7 Å². The molecule has 1 aromatic heterocycles. The van der Waals surface area contributed by atoms with Crippen LogP contribution in [0.4, 0.5) is 0 Å². The molecule has 0 spiro atoms. The average Bonchev–Trinajstić information content (AvgIpc) is 3.05. The lowest BCUT2D eigenvalue weighted by Gasteiger charge is -2.09. The number of nitrogens with zero attached hydrogens (tertiary/aromatic N) is 2. The molecule has 0 aliphatic carbocycles. The number of nitrogens with one attached hydrogen (secondary N) is 2. The molecule has 0 aliphatic heterocycles. The first kappa shape index (κ1) is 18.8. The molecule has 6 nitrogen and oxygen atoms in total. The maximum atomic E-state index is 12.3. The smallest absolute Gasteiger partial charge is 0.222 e. The lowest BCUT2D eigenvalue weighted by Crippen LogP contribution is -2.24. The van der Waals surface area contributed by atoms with Gasteiger partial charge in [-0.05, 0) is 42.9 Å². The van der Waals surface area contributed by atoms with Crippen molar-refractivity contribution in [3.8, 4) is 17.1 Å². The molecule has 0 fully saturated rings. The van der Waals surface area contributed by atoms with E-state index in [1.807, 2.05) is 60.0 Å². The van der Waals surface area contributed by atoms with Crippen LogP contribution in [0.25, 0.3) is 11.4 Å². The standard InChI is InChI=1S/C20H22N4O2S/c1-14-5-3-7-16(11-14)19-22-23-20(27)24(19)10-9-18(25)21-13-15-6-4-8-17(12-15)26-2/h3-8,11-12H,9-10,13H2,1-2H3,(H,21,25)(H,23,27). The Labute approximate surface area is 163 Å². The van der Waals surface area contributed by atoms with Gasteiger partial charge >= 0.3 is 0 Å². The molecular formula is C20H22N4O2S. The van der Waals surface area contributed by atoms with Gasteiger partial charge in [0.15, 0.2) is 10.6 Å². The quantitative estimate of drug-likeness (QED) is 0.612. The number of benzene rings is 2. The van der Waals surface area contributed by atoms with Crippen LogP contribution in [0.2, 0.25) is 0 Å². The van der Waals surface area contributed by atoms with E-state index in [4.69, 9.17) is 17.0 Å². The normalized spacial score (nSPS) is 10.6. The van der Waals surface area contributed by atoms with Crippen molar-refractivity contribution in [2.45, 2.75) is 26.4 Å². The van der Waals surface area contributed by atoms with E-state index < -0.39 is 0 Å². The fourth-order valence-electron chi connectivity index (χ4n) is 2.81. The van der Waals surface area contributed by atoms with Crippen molar-refractivity contribution in [3.05, 3.63) is 64.4 Å². The van der Waals surface area contributed by atoms with E-state index in [-0.39, 0.29) is 5.91 Å². The monoisotopic (exact) mass is 382 g/mol. The molecule has 0 radical (unpaired) electrons. The van der Waals surface area contributed by atoms with Crippen molar-refractivity contribution in [1.29, 1.82) is 0 Å². The third-order valence-electron chi connectivity index (χ3n) is 4.22. The summed E-state index contributed by atoms with van der Waals surface area (Å²) in [5.74, 6) is 1.47. The van der Waals surface area contributed by atoms with Crippen molar-refractivity contribution in [2.75, 3.05) is 7.11 Å². The minimum Gasteiger partial charge on any atom is -0.497 e. The molecule has 1 amide bonds. The summed E-state index contributed by atoms with van der Waals surface area (Å²) < 4.78 is 7.56. The lowest BCUT2D eigenvalue weighted by molar-refractivity contribution is -0.121. The van der Waals surface area contributed by atoms with Crippen LogP contribution < -0.4 is 10.1 Å². The number of amides is 1. The summed E-state index contributed by atoms with van der Waals surface area (Å²) in [6.45, 7) is 2.95. The Bertz CT molecular complexity index is 993. The van der Waals surface area contributed by atoms with Crippen LogP contribution in [-0.4, -0.2) is 27.8 Å². The second kappa shape index (κ2) is 8.64. The van der Waals surface area contributed by atoms with Crippen LogP contribution in [0.15, 0.2) is 48.5 Å². The molecule has 27 heavy (non-hydrogen) atoms. The Kier molecular flexibility index (Phi) is 6.03. The molecule has 0 aliphatic rings. The predicted octanol–water partition coefficient (Wildman–Crippen LogP) is 3.63. The van der Waals surface area contributed by atoms with E-state index in [9.17, 15) is 4.79 Å². The zero-order valence-electron chi connectivity index (χ0n) is 15.4. The topological polar surface area (TPSA) is 71.9 Å². The number of carbonyl (C=O) groups is 1. The van der Waals surface area contributed by atoms with Gasteiger partial charge in [-0.25, -0.2) is 0 Å². The van der Waals surface area contributed by atoms with Gasteiger partial charge in [-0.2, -0.15) is 5.10 Å². The molecule has 3 rings (SSSR count). The molecule has 2 N–H and O–H groups in total. The largest absolute Gasteiger partial charge is 0.497 e. The Morgan fingerprint density at radius 2 is 2.07 bits per heavy atom. The summed E-state index contributed by atoms with van der Waals surface area (Å²) in [4.78, 5) is 12.3. The van der Waals surface area contributed by atoms with E-state index in [1.165, 1.54) is 0 Å². The van der Waals surface area contributed by atoms with E-state index in [2.05, 4.69) is 15.5 Å². The molecule has 7 heteroatoms. The summed E-state index contributed by atoms with van der Waals surface area (Å²) in [7, 11) is 1.62. The first-order valence-electron chi connectivity index (χ1n) is 8.68. The maximum absolute atomic E-state index is 12.3. The highest BCUT2D eigenvalue weighted by molar-refractivity contribution is 7.71. The summed E-state index contributed by atoms with van der Waals surface area (Å²) >= 11 is 5.33. The molecule has 2 aromatic carbocycles. The fraction of sp³-hybridized carbons (Fsp3) is 0.250. The van der Waals surface area contributed by atoms with Crippen molar-refractivity contribution in [1.82, 2.24) is 20.1 Å². The first-order chi connectivity index (χ1) is 13.1. The number of H-pyrrole nitrogens is 1. The molecule has 0 bridgehead atoms. The molecule has 0 saturated heterocycles. The number of aromatic amines is 1. The predicted molar refractivity (Wildman–Crippen MR) is 107 cm³/mol. The second-order valence-electron chi connectivity index (χ2n) is 6.25. The van der Waals surface area contributed by atoms with Gasteiger partial charge in [0.05, 0.1) is 7.11 Å². The van der Waals surface area contributed by atoms with Gasteiger partial charge in [0.2, 0.25) is 5.91 Å². The van der Waals surface area contributed by atoms with Crippen LogP contribution in [0.5, 0.6) is 5.75 Å². The van der Waals surface area contributed by atoms with Crippen LogP contribution in [-0.2, 0) is 17.9 Å². The minimum absolute atomic E-state index is 0.0453. The zero-order chi connectivity index (χ0) is 19.2. The molecule has 140 valence electrons. The van der Waals surface area contributed by atoms with Gasteiger partial charge in [-0.3, -0.25) is 14.5 Å². The van der Waals surface area contributed by atoms with E-state index >= 15 is 0 Å². The van der Waals surface area contributed by atoms with Gasteiger partial charge in [-0.15, -0.1) is 0 Å². The van der Waals surface area contributed by atoms with Gasteiger partial charge in [0.1, 0.15) is 5.75 Å². The van der Waals surface area contributed by atoms with E-state index in [0.717, 1.165) is 28.3 Å². The zero-order valence-corrected chi connectivity index (χ0v) is 16.2. The minimum atomic E-state index is -0.0453. The fourth-order valence-corrected chi connectivity index (χ4v) is 3.04. The van der Waals surface area contributed by atoms with Crippen LogP contribution in [0.3, 0.4) is 0 Å². The highest BCUT2D eigenvalue weighted by Crippen LogP contribution is 2.19. The lowest BCUT2D eigenvalue weighted by atomic mass is 10.1. The summed E-state index contributed by atoms with van der Waals surface area (Å²) in [5.41, 5.74) is 3.10. The molecule has 0 saturated carbocycles. The number of carbonyl (C=O) groups excluding carboxylic acids is 1. The summed E-state index contributed by atoms with van der Waals surface area (Å²) in [6, 6.07) is 15.7. The number of aryl methyl sites for hydroxylation is 1. The molecule has 0 atom stereocenters. The number of aromatic nitrogens is 3. The van der Waals surface area contributed by atoms with Gasteiger partial charge < -0.3 is 10.1 Å². The molecule has 3 aromatic rings. The van der Waals surface area contributed by atoms with Crippen molar-refractivity contribution < 1.29 is 9.53 Å². The van der Waals surface area contributed by atoms with E-state index in [0.29, 0.717) is 24.3 Å². The van der Waals surface area contributed by atoms with Crippen molar-refractivity contribution in [3.63, 3.8) is 0 Å². The third-order valence-corrected chi connectivity index (χ3v) is 4.53. The SMILES string of the molecule is COc1cccc(CNC(=O)CCn2c(-c3cccc(C)c3)n[nH]c2=S)c1. The van der Waals surface area contributed by atoms with Gasteiger partial charge in [0, 0.05) is 25.1 Å². The van der Waals surface area contributed by atoms with Crippen LogP contribution >= 0.6 is 12.2 Å². The Balaban J connectivity index is 1.62. The maximum Gasteiger partial charge on any atom is 0.222 e. The number of hydrogen-bond donors (Lipinski definition) is 2. The highest BCUT2D eigenvalue weighted by Gasteiger charge is 2.11. The number of methoxy groups -OCH3 is 1. The average molecular weight is 382 g/mol. The number of hydrogen-bond acceptors (Lipinski definition) is 4. The van der Waals surface area contributed by atoms with Gasteiger partial charge in [0.25, 0.3) is 0 Å². The van der Waals surface area contributed by atoms with Crippen molar-refractivity contribution >= 4 is 18.1 Å². The number of rotatable bonds is 7. The third kappa shape index (κ3) is 4.83. The van der Waals surface area contributed by atoms with Crippen LogP contribution in [0.1, 0.15) is 17.5 Å². The molecular weight excluding hydrogens is 360 g/mol. The first-order valence-corrected chi connectivity index (χ1v) is 9.09. The summed E-state index contributed by atoms with van der Waals surface area (Å²) in [6.07, 6.45) is 0.316. The Morgan fingerprint density at radius 1 is 1.26 bits per heavy atom. The van der Waals surface area contributed by atoms with Crippen molar-refractivity contribution in [2.24, 2.45) is 0 Å². The Morgan fingerprint density at radius 3 is 2.85 bits per heavy atom. The van der Waals surface area contributed by atoms with Gasteiger partial charge in [-0.1, -0.05) is 35.9 Å². The molecule has 1 heterocycles.